The van der Waals surface area contributed by atoms with Crippen LogP contribution in [-0.2, 0) is 9.47 Å². The van der Waals surface area contributed by atoms with Gasteiger partial charge in [-0.15, -0.1) is 0 Å². The average molecular weight is 731 g/mol. The van der Waals surface area contributed by atoms with Gasteiger partial charge in [-0.25, -0.2) is 9.59 Å². The van der Waals surface area contributed by atoms with Gasteiger partial charge in [0, 0.05) is 11.4 Å². The van der Waals surface area contributed by atoms with Crippen LogP contribution in [0.5, 0.6) is 0 Å². The van der Waals surface area contributed by atoms with Gasteiger partial charge in [0.2, 0.25) is 0 Å². The highest BCUT2D eigenvalue weighted by Crippen LogP contribution is 2.16. The molecule has 0 saturated heterocycles. The van der Waals surface area contributed by atoms with Gasteiger partial charge in [-0.05, 0) is 97.0 Å². The highest BCUT2D eigenvalue weighted by atomic mass is 16.6. The van der Waals surface area contributed by atoms with Crippen LogP contribution in [0.1, 0.15) is 181 Å². The van der Waals surface area contributed by atoms with Crippen LogP contribution in [0, 0.1) is 0 Å². The summed E-state index contributed by atoms with van der Waals surface area (Å²) in [7, 11) is 4.36. The molecule has 0 unspecified atom stereocenters. The summed E-state index contributed by atoms with van der Waals surface area (Å²) in [6.45, 7) is 9.62. The van der Waals surface area contributed by atoms with Gasteiger partial charge in [-0.1, -0.05) is 148 Å². The summed E-state index contributed by atoms with van der Waals surface area (Å²) in [5, 5.41) is 5.52. The van der Waals surface area contributed by atoms with Crippen LogP contribution in [0.25, 0.3) is 0 Å². The van der Waals surface area contributed by atoms with Crippen molar-refractivity contribution in [1.82, 2.24) is 9.80 Å². The number of carbonyl (C=O) groups is 2. The Morgan fingerprint density at radius 3 is 1.08 bits per heavy atom. The SMILES string of the molecule is CCCCCCCCCCCCCN(C)CCCCOC(=O)Nc1cccc(NC(=O)OCCCCN(C)CCCCCCCCCCCCC)c1. The van der Waals surface area contributed by atoms with E-state index in [1.54, 1.807) is 24.3 Å². The van der Waals surface area contributed by atoms with Gasteiger partial charge >= 0.3 is 12.2 Å². The van der Waals surface area contributed by atoms with Crippen LogP contribution in [0.3, 0.4) is 0 Å². The van der Waals surface area contributed by atoms with Crippen LogP contribution in [0.2, 0.25) is 0 Å². The molecule has 2 amide bonds. The number of nitrogens with one attached hydrogen (secondary N) is 2. The lowest BCUT2D eigenvalue weighted by molar-refractivity contribution is 0.157. The van der Waals surface area contributed by atoms with E-state index in [1.807, 2.05) is 0 Å². The Balaban J connectivity index is 2.01. The number of rotatable bonds is 36. The molecule has 52 heavy (non-hydrogen) atoms. The van der Waals surface area contributed by atoms with Crippen LogP contribution in [-0.4, -0.2) is 75.5 Å². The largest absolute Gasteiger partial charge is 0.449 e. The van der Waals surface area contributed by atoms with E-state index >= 15 is 0 Å². The van der Waals surface area contributed by atoms with E-state index in [2.05, 4.69) is 48.4 Å². The maximum Gasteiger partial charge on any atom is 0.411 e. The lowest BCUT2D eigenvalue weighted by atomic mass is 10.1. The Bertz CT molecular complexity index is 891. The number of nitrogens with zero attached hydrogens (tertiary/aromatic N) is 2. The third kappa shape index (κ3) is 31.2. The standard InChI is InChI=1S/C44H82N4O4/c1-5-7-9-11-13-15-17-19-21-23-25-34-47(3)36-27-29-38-51-43(49)45-41-32-31-33-42(40-41)46-44(50)52-39-30-28-37-48(4)35-26-24-22-20-18-16-14-12-10-8-6-2/h31-33,40H,5-30,34-39H2,1-4H3,(H,45,49)(H,46,50). The van der Waals surface area contributed by atoms with Gasteiger partial charge in [0.1, 0.15) is 0 Å². The molecule has 0 aliphatic carbocycles. The fourth-order valence-electron chi connectivity index (χ4n) is 6.60. The Kier molecular flexibility index (Phi) is 32.7. The maximum absolute atomic E-state index is 12.3. The normalized spacial score (nSPS) is 11.3. The van der Waals surface area contributed by atoms with E-state index < -0.39 is 12.2 Å². The zero-order valence-corrected chi connectivity index (χ0v) is 34.5. The van der Waals surface area contributed by atoms with Gasteiger partial charge in [-0.2, -0.15) is 0 Å². The molecular formula is C44H82N4O4. The average Bonchev–Trinajstić information content (AvgIpc) is 3.12. The molecule has 1 aromatic carbocycles. The van der Waals surface area contributed by atoms with E-state index in [0.29, 0.717) is 24.6 Å². The Morgan fingerprint density at radius 2 is 0.750 bits per heavy atom. The molecular weight excluding hydrogens is 649 g/mol. The van der Waals surface area contributed by atoms with Crippen molar-refractivity contribution in [3.8, 4) is 0 Å². The molecule has 0 radical (unpaired) electrons. The number of hydrogen-bond acceptors (Lipinski definition) is 6. The minimum absolute atomic E-state index is 0.386. The molecule has 0 bridgehead atoms. The van der Waals surface area contributed by atoms with Crippen molar-refractivity contribution in [3.05, 3.63) is 24.3 Å². The molecule has 0 saturated carbocycles. The summed E-state index contributed by atoms with van der Waals surface area (Å²) in [5.41, 5.74) is 1.13. The first-order chi connectivity index (χ1) is 25.4. The minimum Gasteiger partial charge on any atom is -0.449 e. The Labute approximate surface area is 320 Å². The van der Waals surface area contributed by atoms with Gasteiger partial charge in [-0.3, -0.25) is 10.6 Å². The van der Waals surface area contributed by atoms with E-state index in [-0.39, 0.29) is 0 Å². The van der Waals surface area contributed by atoms with Crippen molar-refractivity contribution in [2.24, 2.45) is 0 Å². The van der Waals surface area contributed by atoms with Gasteiger partial charge in [0.15, 0.2) is 0 Å². The molecule has 0 fully saturated rings. The number of hydrogen-bond donors (Lipinski definition) is 2. The van der Waals surface area contributed by atoms with Gasteiger partial charge in [0.05, 0.1) is 13.2 Å². The van der Waals surface area contributed by atoms with Crippen molar-refractivity contribution in [2.75, 3.05) is 64.1 Å². The first kappa shape index (κ1) is 47.7. The molecule has 0 heterocycles. The molecule has 0 spiro atoms. The second kappa shape index (κ2) is 35.7. The number of carbonyl (C=O) groups excluding carboxylic acids is 2. The molecule has 8 heteroatoms. The summed E-state index contributed by atoms with van der Waals surface area (Å²) in [6, 6.07) is 7.03. The smallest absolute Gasteiger partial charge is 0.411 e. The van der Waals surface area contributed by atoms with Crippen molar-refractivity contribution in [2.45, 2.75) is 181 Å². The molecule has 0 aliphatic heterocycles. The highest BCUT2D eigenvalue weighted by molar-refractivity contribution is 5.88. The predicted octanol–water partition coefficient (Wildman–Crippen LogP) is 12.8. The zero-order valence-electron chi connectivity index (χ0n) is 34.5. The van der Waals surface area contributed by atoms with Gasteiger partial charge in [0.25, 0.3) is 0 Å². The second-order valence-corrected chi connectivity index (χ2v) is 15.2. The van der Waals surface area contributed by atoms with Crippen molar-refractivity contribution in [1.29, 1.82) is 0 Å². The molecule has 0 aromatic heterocycles. The summed E-state index contributed by atoms with van der Waals surface area (Å²) in [6.07, 6.45) is 32.8. The van der Waals surface area contributed by atoms with Crippen LogP contribution < -0.4 is 10.6 Å². The first-order valence-corrected chi connectivity index (χ1v) is 21.8. The molecule has 2 N–H and O–H groups in total. The minimum atomic E-state index is -0.484. The van der Waals surface area contributed by atoms with Gasteiger partial charge < -0.3 is 19.3 Å². The molecule has 1 rings (SSSR count). The number of ether oxygens (including phenoxy) is 2. The number of benzene rings is 1. The Hall–Kier alpha value is -2.32. The van der Waals surface area contributed by atoms with Crippen LogP contribution >= 0.6 is 0 Å². The quantitative estimate of drug-likeness (QED) is 0.0669. The monoisotopic (exact) mass is 731 g/mol. The maximum atomic E-state index is 12.3. The van der Waals surface area contributed by atoms with E-state index in [0.717, 1.165) is 51.9 Å². The van der Waals surface area contributed by atoms with Crippen LogP contribution in [0.15, 0.2) is 24.3 Å². The van der Waals surface area contributed by atoms with Crippen molar-refractivity contribution >= 4 is 23.6 Å². The predicted molar refractivity (Wildman–Crippen MR) is 223 cm³/mol. The van der Waals surface area contributed by atoms with E-state index in [1.165, 1.54) is 141 Å². The molecule has 0 aliphatic rings. The molecule has 8 nitrogen and oxygen atoms in total. The van der Waals surface area contributed by atoms with E-state index in [4.69, 9.17) is 9.47 Å². The third-order valence-electron chi connectivity index (χ3n) is 9.98. The third-order valence-corrected chi connectivity index (χ3v) is 9.98. The number of unbranched alkanes of at least 4 members (excludes halogenated alkanes) is 22. The molecule has 0 atom stereocenters. The number of anilines is 2. The van der Waals surface area contributed by atoms with E-state index in [9.17, 15) is 9.59 Å². The first-order valence-electron chi connectivity index (χ1n) is 21.8. The summed E-state index contributed by atoms with van der Waals surface area (Å²) < 4.78 is 10.8. The summed E-state index contributed by atoms with van der Waals surface area (Å²) in [5.74, 6) is 0. The fraction of sp³-hybridized carbons (Fsp3) is 0.818. The van der Waals surface area contributed by atoms with Crippen molar-refractivity contribution < 1.29 is 19.1 Å². The van der Waals surface area contributed by atoms with Crippen LogP contribution in [0.4, 0.5) is 21.0 Å². The van der Waals surface area contributed by atoms with Crippen molar-refractivity contribution in [3.63, 3.8) is 0 Å². The second-order valence-electron chi connectivity index (χ2n) is 15.2. The fourth-order valence-corrected chi connectivity index (χ4v) is 6.60. The lowest BCUT2D eigenvalue weighted by Crippen LogP contribution is -2.21. The highest BCUT2D eigenvalue weighted by Gasteiger charge is 2.08. The zero-order chi connectivity index (χ0) is 37.7. The number of amides is 2. The topological polar surface area (TPSA) is 83.1 Å². The Morgan fingerprint density at radius 1 is 0.462 bits per heavy atom. The lowest BCUT2D eigenvalue weighted by Gasteiger charge is -2.16. The molecule has 1 aromatic rings. The molecule has 302 valence electrons. The summed E-state index contributed by atoms with van der Waals surface area (Å²) in [4.78, 5) is 29.4. The summed E-state index contributed by atoms with van der Waals surface area (Å²) >= 11 is 0.